The standard InChI is InChI=1S/C15H19F2NOS.C2H6/c1-6-14(16)13(15(17)7-2)9-20-12(5)18-10(3)8-11(4)19;1-2/h6-8,19H,1,4,9H2,2-3,5H3;1-2H3/b10-8-,14-13+,15-7+,18-12?;. The normalized spacial score (nSPS) is 13.9. The number of hydrogen-bond donors (Lipinski definition) is 1. The van der Waals surface area contributed by atoms with Crippen LogP contribution in [-0.4, -0.2) is 15.9 Å². The Hall–Kier alpha value is -1.62. The van der Waals surface area contributed by atoms with Gasteiger partial charge in [0.1, 0.15) is 17.4 Å². The SMILES string of the molecule is C=C/C(F)=C(CSC(C)=N/C(C)=C\C(=C)O)\C(F)=C/C.CC. The van der Waals surface area contributed by atoms with Crippen LogP contribution in [0, 0.1) is 0 Å². The molecule has 22 heavy (non-hydrogen) atoms. The van der Waals surface area contributed by atoms with Gasteiger partial charge in [0.15, 0.2) is 0 Å². The molecule has 0 aromatic rings. The Labute approximate surface area is 136 Å². The van der Waals surface area contributed by atoms with Gasteiger partial charge in [0.05, 0.1) is 5.04 Å². The van der Waals surface area contributed by atoms with Crippen LogP contribution in [0.2, 0.25) is 0 Å². The summed E-state index contributed by atoms with van der Waals surface area (Å²) in [5, 5.41) is 9.61. The maximum absolute atomic E-state index is 13.5. The number of allylic oxidation sites excluding steroid dienone is 6. The zero-order chi connectivity index (χ0) is 17.7. The quantitative estimate of drug-likeness (QED) is 0.264. The Morgan fingerprint density at radius 3 is 2.23 bits per heavy atom. The van der Waals surface area contributed by atoms with E-state index < -0.39 is 11.7 Å². The second-order valence-corrected chi connectivity index (χ2v) is 5.03. The molecule has 1 N–H and O–H groups in total. The van der Waals surface area contributed by atoms with Gasteiger partial charge in [0.25, 0.3) is 0 Å². The Bertz CT molecular complexity index is 503. The van der Waals surface area contributed by atoms with Crippen molar-refractivity contribution >= 4 is 16.8 Å². The minimum absolute atomic E-state index is 0.0461. The molecule has 0 saturated carbocycles. The second-order valence-electron chi connectivity index (χ2n) is 3.86. The van der Waals surface area contributed by atoms with Gasteiger partial charge in [-0.1, -0.05) is 33.1 Å². The van der Waals surface area contributed by atoms with E-state index in [1.54, 1.807) is 13.8 Å². The molecule has 0 aromatic heterocycles. The van der Waals surface area contributed by atoms with Crippen LogP contribution in [0.4, 0.5) is 8.78 Å². The molecule has 0 heterocycles. The van der Waals surface area contributed by atoms with Crippen molar-refractivity contribution in [1.29, 1.82) is 0 Å². The van der Waals surface area contributed by atoms with Crippen molar-refractivity contribution in [3.8, 4) is 0 Å². The first-order chi connectivity index (χ1) is 10.3. The van der Waals surface area contributed by atoms with Crippen molar-refractivity contribution in [2.45, 2.75) is 34.6 Å². The number of aliphatic imine (C=N–C) groups is 1. The summed E-state index contributed by atoms with van der Waals surface area (Å²) in [6.45, 7) is 15.5. The number of rotatable bonds is 6. The smallest absolute Gasteiger partial charge is 0.129 e. The highest BCUT2D eigenvalue weighted by molar-refractivity contribution is 8.14. The van der Waals surface area contributed by atoms with Crippen LogP contribution in [0.15, 0.2) is 65.1 Å². The predicted octanol–water partition coefficient (Wildman–Crippen LogP) is 6.42. The van der Waals surface area contributed by atoms with Gasteiger partial charge in [-0.3, -0.25) is 4.99 Å². The molecule has 0 aliphatic carbocycles. The molecule has 124 valence electrons. The van der Waals surface area contributed by atoms with Crippen LogP contribution in [0.3, 0.4) is 0 Å². The number of hydrogen-bond acceptors (Lipinski definition) is 3. The highest BCUT2D eigenvalue weighted by Crippen LogP contribution is 2.23. The Morgan fingerprint density at radius 1 is 1.27 bits per heavy atom. The van der Waals surface area contributed by atoms with Crippen LogP contribution in [0.1, 0.15) is 34.6 Å². The summed E-state index contributed by atoms with van der Waals surface area (Å²) in [5.41, 5.74) is 0.513. The molecular formula is C17H25F2NOS. The lowest BCUT2D eigenvalue weighted by Crippen LogP contribution is -1.96. The van der Waals surface area contributed by atoms with Crippen LogP contribution in [-0.2, 0) is 0 Å². The van der Waals surface area contributed by atoms with Gasteiger partial charge in [-0.2, -0.15) is 0 Å². The number of aliphatic hydroxyl groups excluding tert-OH is 1. The van der Waals surface area contributed by atoms with Gasteiger partial charge < -0.3 is 5.11 Å². The lowest BCUT2D eigenvalue weighted by atomic mass is 10.2. The van der Waals surface area contributed by atoms with E-state index in [-0.39, 0.29) is 17.1 Å². The third-order valence-corrected chi connectivity index (χ3v) is 3.09. The average molecular weight is 329 g/mol. The molecule has 0 aliphatic heterocycles. The molecule has 0 aliphatic rings. The molecule has 5 heteroatoms. The number of nitrogens with zero attached hydrogens (tertiary/aromatic N) is 1. The van der Waals surface area contributed by atoms with Gasteiger partial charge in [-0.25, -0.2) is 8.78 Å². The third-order valence-electron chi connectivity index (χ3n) is 2.14. The molecule has 0 radical (unpaired) electrons. The van der Waals surface area contributed by atoms with E-state index in [2.05, 4.69) is 18.2 Å². The minimum Gasteiger partial charge on any atom is -0.509 e. The summed E-state index contributed by atoms with van der Waals surface area (Å²) in [5.74, 6) is -1.28. The maximum Gasteiger partial charge on any atom is 0.129 e. The van der Waals surface area contributed by atoms with E-state index >= 15 is 0 Å². The summed E-state index contributed by atoms with van der Waals surface area (Å²) in [4.78, 5) is 4.17. The molecule has 0 saturated heterocycles. The molecule has 0 atom stereocenters. The molecule has 0 spiro atoms. The van der Waals surface area contributed by atoms with Gasteiger partial charge in [-0.05, 0) is 26.8 Å². The molecule has 0 fully saturated rings. The topological polar surface area (TPSA) is 32.6 Å². The van der Waals surface area contributed by atoms with E-state index in [0.29, 0.717) is 10.7 Å². The Balaban J connectivity index is 0. The van der Waals surface area contributed by atoms with Crippen molar-refractivity contribution in [3.05, 3.63) is 60.1 Å². The first kappa shape index (κ1) is 22.7. The van der Waals surface area contributed by atoms with Crippen molar-refractivity contribution in [2.75, 3.05) is 5.75 Å². The van der Waals surface area contributed by atoms with Crippen LogP contribution in [0.5, 0.6) is 0 Å². The first-order valence-electron chi connectivity index (χ1n) is 6.89. The number of halogens is 2. The summed E-state index contributed by atoms with van der Waals surface area (Å²) in [6, 6.07) is 0. The van der Waals surface area contributed by atoms with Crippen molar-refractivity contribution in [3.63, 3.8) is 0 Å². The largest absolute Gasteiger partial charge is 0.509 e. The van der Waals surface area contributed by atoms with Crippen LogP contribution < -0.4 is 0 Å². The summed E-state index contributed by atoms with van der Waals surface area (Å²) >= 11 is 1.20. The molecular weight excluding hydrogens is 304 g/mol. The molecule has 0 unspecified atom stereocenters. The van der Waals surface area contributed by atoms with Crippen molar-refractivity contribution < 1.29 is 13.9 Å². The Kier molecular flexibility index (Phi) is 13.5. The molecule has 2 nitrogen and oxygen atoms in total. The lowest BCUT2D eigenvalue weighted by molar-refractivity contribution is 0.434. The fourth-order valence-corrected chi connectivity index (χ4v) is 2.12. The first-order valence-corrected chi connectivity index (χ1v) is 7.87. The highest BCUT2D eigenvalue weighted by atomic mass is 32.2. The van der Waals surface area contributed by atoms with E-state index in [0.717, 1.165) is 6.08 Å². The molecule has 0 rings (SSSR count). The minimum atomic E-state index is -0.683. The van der Waals surface area contributed by atoms with Gasteiger partial charge in [0, 0.05) is 23.1 Å². The molecule has 0 bridgehead atoms. The van der Waals surface area contributed by atoms with Crippen molar-refractivity contribution in [2.24, 2.45) is 4.99 Å². The molecule has 0 amide bonds. The fraction of sp³-hybridized carbons (Fsp3) is 0.353. The maximum atomic E-state index is 13.5. The van der Waals surface area contributed by atoms with E-state index in [4.69, 9.17) is 5.11 Å². The second kappa shape index (κ2) is 13.1. The lowest BCUT2D eigenvalue weighted by Gasteiger charge is -2.06. The van der Waals surface area contributed by atoms with Gasteiger partial charge in [0.2, 0.25) is 0 Å². The van der Waals surface area contributed by atoms with Crippen molar-refractivity contribution in [1.82, 2.24) is 0 Å². The molecule has 0 aromatic carbocycles. The fourth-order valence-electron chi connectivity index (χ4n) is 1.28. The van der Waals surface area contributed by atoms with Gasteiger partial charge >= 0.3 is 0 Å². The summed E-state index contributed by atoms with van der Waals surface area (Å²) in [6.07, 6.45) is 3.58. The summed E-state index contributed by atoms with van der Waals surface area (Å²) in [7, 11) is 0. The summed E-state index contributed by atoms with van der Waals surface area (Å²) < 4.78 is 27.0. The number of aliphatic hydroxyl groups is 1. The highest BCUT2D eigenvalue weighted by Gasteiger charge is 2.10. The third kappa shape index (κ3) is 10.2. The van der Waals surface area contributed by atoms with Crippen LogP contribution in [0.25, 0.3) is 0 Å². The average Bonchev–Trinajstić information content (AvgIpc) is 2.47. The predicted molar refractivity (Wildman–Crippen MR) is 95.6 cm³/mol. The zero-order valence-electron chi connectivity index (χ0n) is 13.9. The van der Waals surface area contributed by atoms with E-state index in [1.165, 1.54) is 30.8 Å². The van der Waals surface area contributed by atoms with Crippen LogP contribution >= 0.6 is 11.8 Å². The van der Waals surface area contributed by atoms with E-state index in [9.17, 15) is 8.78 Å². The van der Waals surface area contributed by atoms with Gasteiger partial charge in [-0.15, -0.1) is 11.8 Å². The monoisotopic (exact) mass is 329 g/mol. The van der Waals surface area contributed by atoms with E-state index in [1.807, 2.05) is 13.8 Å². The Morgan fingerprint density at radius 2 is 1.82 bits per heavy atom. The number of thioether (sulfide) groups is 1. The zero-order valence-corrected chi connectivity index (χ0v) is 14.7.